The van der Waals surface area contributed by atoms with Gasteiger partial charge >= 0.3 is 0 Å². The molecular formula is C17H22N4O2. The van der Waals surface area contributed by atoms with Crippen LogP contribution in [-0.4, -0.2) is 55.2 Å². The highest BCUT2D eigenvalue weighted by Crippen LogP contribution is 2.19. The van der Waals surface area contributed by atoms with Crippen LogP contribution in [0.5, 0.6) is 0 Å². The molecule has 6 nitrogen and oxygen atoms in total. The van der Waals surface area contributed by atoms with Crippen LogP contribution in [0.2, 0.25) is 0 Å². The molecule has 1 aliphatic heterocycles. The zero-order chi connectivity index (χ0) is 16.1. The summed E-state index contributed by atoms with van der Waals surface area (Å²) in [5, 5.41) is 10.2. The Morgan fingerprint density at radius 3 is 2.78 bits per heavy atom. The van der Waals surface area contributed by atoms with Crippen LogP contribution < -0.4 is 10.6 Å². The number of aromatic nitrogens is 1. The number of nitrogens with one attached hydrogen (secondary N) is 2. The molecule has 2 heterocycles. The molecule has 1 aromatic carbocycles. The Bertz CT molecular complexity index is 645. The standard InChI is InChI=1S/C17H22N4O2/c1-13-2-4-14(5-3-13)15-12-16(23-20-15)17(22)19-8-11-21-9-6-18-7-10-21/h2-5,12,18H,6-11H2,1H3,(H,19,22). The van der Waals surface area contributed by atoms with Gasteiger partial charge < -0.3 is 15.2 Å². The quantitative estimate of drug-likeness (QED) is 0.870. The minimum atomic E-state index is -0.217. The van der Waals surface area contributed by atoms with Crippen molar-refractivity contribution < 1.29 is 9.32 Å². The number of amides is 1. The fourth-order valence-electron chi connectivity index (χ4n) is 2.59. The van der Waals surface area contributed by atoms with Crippen LogP contribution in [-0.2, 0) is 0 Å². The molecule has 6 heteroatoms. The maximum absolute atomic E-state index is 12.1. The summed E-state index contributed by atoms with van der Waals surface area (Å²) in [5.74, 6) is 0.0341. The van der Waals surface area contributed by atoms with Gasteiger partial charge in [-0.15, -0.1) is 0 Å². The smallest absolute Gasteiger partial charge is 0.289 e. The molecule has 1 saturated heterocycles. The summed E-state index contributed by atoms with van der Waals surface area (Å²) in [4.78, 5) is 14.4. The molecule has 1 fully saturated rings. The van der Waals surface area contributed by atoms with Crippen LogP contribution in [0.15, 0.2) is 34.9 Å². The van der Waals surface area contributed by atoms with Gasteiger partial charge in [0, 0.05) is 50.9 Å². The summed E-state index contributed by atoms with van der Waals surface area (Å²) in [6.45, 7) is 7.56. The normalized spacial score (nSPS) is 15.5. The Balaban J connectivity index is 1.52. The first-order valence-corrected chi connectivity index (χ1v) is 7.97. The van der Waals surface area contributed by atoms with Gasteiger partial charge in [-0.1, -0.05) is 35.0 Å². The van der Waals surface area contributed by atoms with Crippen LogP contribution in [0.1, 0.15) is 16.1 Å². The third-order valence-electron chi connectivity index (χ3n) is 4.00. The molecule has 0 radical (unpaired) electrons. The summed E-state index contributed by atoms with van der Waals surface area (Å²) >= 11 is 0. The molecule has 3 rings (SSSR count). The first kappa shape index (κ1) is 15.7. The van der Waals surface area contributed by atoms with E-state index in [0.717, 1.165) is 38.3 Å². The molecule has 23 heavy (non-hydrogen) atoms. The summed E-state index contributed by atoms with van der Waals surface area (Å²) in [6.07, 6.45) is 0. The molecule has 0 spiro atoms. The van der Waals surface area contributed by atoms with Crippen LogP contribution in [0.4, 0.5) is 0 Å². The van der Waals surface area contributed by atoms with E-state index in [4.69, 9.17) is 4.52 Å². The highest BCUT2D eigenvalue weighted by atomic mass is 16.5. The molecule has 0 unspecified atom stereocenters. The van der Waals surface area contributed by atoms with Gasteiger partial charge in [-0.05, 0) is 6.92 Å². The predicted molar refractivity (Wildman–Crippen MR) is 88.3 cm³/mol. The number of hydrogen-bond acceptors (Lipinski definition) is 5. The molecule has 0 aliphatic carbocycles. The van der Waals surface area contributed by atoms with Crippen molar-refractivity contribution in [1.82, 2.24) is 20.7 Å². The molecule has 1 aliphatic rings. The van der Waals surface area contributed by atoms with E-state index in [0.29, 0.717) is 12.2 Å². The molecule has 2 N–H and O–H groups in total. The fourth-order valence-corrected chi connectivity index (χ4v) is 2.59. The van der Waals surface area contributed by atoms with E-state index < -0.39 is 0 Å². The second-order valence-electron chi connectivity index (χ2n) is 5.79. The molecule has 0 atom stereocenters. The Hall–Kier alpha value is -2.18. The van der Waals surface area contributed by atoms with E-state index in [-0.39, 0.29) is 11.7 Å². The molecule has 122 valence electrons. The molecule has 0 saturated carbocycles. The van der Waals surface area contributed by atoms with E-state index in [1.807, 2.05) is 31.2 Å². The van der Waals surface area contributed by atoms with Crippen molar-refractivity contribution in [1.29, 1.82) is 0 Å². The number of rotatable bonds is 5. The van der Waals surface area contributed by atoms with Crippen LogP contribution in [0.25, 0.3) is 11.3 Å². The van der Waals surface area contributed by atoms with Crippen molar-refractivity contribution in [3.05, 3.63) is 41.7 Å². The molecule has 0 bridgehead atoms. The van der Waals surface area contributed by atoms with Gasteiger partial charge in [0.15, 0.2) is 0 Å². The number of hydrogen-bond donors (Lipinski definition) is 2. The summed E-state index contributed by atoms with van der Waals surface area (Å²) in [7, 11) is 0. The zero-order valence-corrected chi connectivity index (χ0v) is 13.3. The number of aryl methyl sites for hydroxylation is 1. The highest BCUT2D eigenvalue weighted by molar-refractivity contribution is 5.92. The molecule has 2 aromatic rings. The first-order valence-electron chi connectivity index (χ1n) is 7.97. The summed E-state index contributed by atoms with van der Waals surface area (Å²) < 4.78 is 5.17. The van der Waals surface area contributed by atoms with E-state index in [9.17, 15) is 4.79 Å². The van der Waals surface area contributed by atoms with Gasteiger partial charge in [-0.3, -0.25) is 9.69 Å². The lowest BCUT2D eigenvalue weighted by Crippen LogP contribution is -2.46. The van der Waals surface area contributed by atoms with Crippen molar-refractivity contribution in [3.8, 4) is 11.3 Å². The predicted octanol–water partition coefficient (Wildman–Crippen LogP) is 1.29. The second kappa shape index (κ2) is 7.39. The van der Waals surface area contributed by atoms with Crippen molar-refractivity contribution in [2.45, 2.75) is 6.92 Å². The lowest BCUT2D eigenvalue weighted by molar-refractivity contribution is 0.0910. The third-order valence-corrected chi connectivity index (χ3v) is 4.00. The van der Waals surface area contributed by atoms with Gasteiger partial charge in [-0.25, -0.2) is 0 Å². The second-order valence-corrected chi connectivity index (χ2v) is 5.79. The van der Waals surface area contributed by atoms with Gasteiger partial charge in [0.25, 0.3) is 5.91 Å². The summed E-state index contributed by atoms with van der Waals surface area (Å²) in [5.41, 5.74) is 2.81. The maximum atomic E-state index is 12.1. The van der Waals surface area contributed by atoms with Gasteiger partial charge in [0.2, 0.25) is 5.76 Å². The maximum Gasteiger partial charge on any atom is 0.289 e. The fraction of sp³-hybridized carbons (Fsp3) is 0.412. The Morgan fingerprint density at radius 1 is 1.30 bits per heavy atom. The third kappa shape index (κ3) is 4.18. The largest absolute Gasteiger partial charge is 0.350 e. The molecule has 1 aromatic heterocycles. The van der Waals surface area contributed by atoms with Crippen LogP contribution in [0.3, 0.4) is 0 Å². The first-order chi connectivity index (χ1) is 11.2. The van der Waals surface area contributed by atoms with E-state index in [1.165, 1.54) is 5.56 Å². The summed E-state index contributed by atoms with van der Waals surface area (Å²) in [6, 6.07) is 9.65. The Kier molecular flexibility index (Phi) is 5.05. The number of nitrogens with zero attached hydrogens (tertiary/aromatic N) is 2. The number of benzene rings is 1. The average molecular weight is 314 g/mol. The lowest BCUT2D eigenvalue weighted by Gasteiger charge is -2.26. The molecule has 1 amide bonds. The van der Waals surface area contributed by atoms with Crippen molar-refractivity contribution >= 4 is 5.91 Å². The lowest BCUT2D eigenvalue weighted by atomic mass is 10.1. The topological polar surface area (TPSA) is 70.4 Å². The number of carbonyl (C=O) groups is 1. The van der Waals surface area contributed by atoms with Gasteiger partial charge in [-0.2, -0.15) is 0 Å². The average Bonchev–Trinajstić information content (AvgIpc) is 3.06. The minimum absolute atomic E-state index is 0.217. The minimum Gasteiger partial charge on any atom is -0.350 e. The van der Waals surface area contributed by atoms with Crippen LogP contribution >= 0.6 is 0 Å². The number of carbonyl (C=O) groups excluding carboxylic acids is 1. The van der Waals surface area contributed by atoms with E-state index in [2.05, 4.69) is 20.7 Å². The van der Waals surface area contributed by atoms with Crippen molar-refractivity contribution in [2.24, 2.45) is 0 Å². The highest BCUT2D eigenvalue weighted by Gasteiger charge is 2.14. The molecular weight excluding hydrogens is 292 g/mol. The van der Waals surface area contributed by atoms with Crippen molar-refractivity contribution in [2.75, 3.05) is 39.3 Å². The van der Waals surface area contributed by atoms with Crippen LogP contribution in [0, 0.1) is 6.92 Å². The van der Waals surface area contributed by atoms with Crippen molar-refractivity contribution in [3.63, 3.8) is 0 Å². The zero-order valence-electron chi connectivity index (χ0n) is 13.3. The van der Waals surface area contributed by atoms with E-state index >= 15 is 0 Å². The van der Waals surface area contributed by atoms with Gasteiger partial charge in [0.05, 0.1) is 0 Å². The Morgan fingerprint density at radius 2 is 2.04 bits per heavy atom. The number of piperazine rings is 1. The van der Waals surface area contributed by atoms with Gasteiger partial charge in [0.1, 0.15) is 5.69 Å². The van der Waals surface area contributed by atoms with E-state index in [1.54, 1.807) is 6.07 Å². The SMILES string of the molecule is Cc1ccc(-c2cc(C(=O)NCCN3CCNCC3)on2)cc1. The Labute approximate surface area is 135 Å². The monoisotopic (exact) mass is 314 g/mol.